The molecule has 0 aliphatic rings. The Labute approximate surface area is 144 Å². The fraction of sp³-hybridized carbons (Fsp3) is 0.222. The van der Waals surface area contributed by atoms with Crippen LogP contribution in [0.3, 0.4) is 0 Å². The largest absolute Gasteiger partial charge is 0.481 e. The van der Waals surface area contributed by atoms with Gasteiger partial charge in [-0.15, -0.1) is 0 Å². The van der Waals surface area contributed by atoms with Gasteiger partial charge in [0.25, 0.3) is 0 Å². The Morgan fingerprint density at radius 2 is 1.56 bits per heavy atom. The van der Waals surface area contributed by atoms with Crippen molar-refractivity contribution in [2.45, 2.75) is 24.9 Å². The Balaban J connectivity index is 2.06. The third-order valence-electron chi connectivity index (χ3n) is 3.57. The smallest absolute Gasteiger partial charge is 0.407 e. The molecule has 2 aromatic carbocycles. The summed E-state index contributed by atoms with van der Waals surface area (Å²) in [5.41, 5.74) is 0.805. The zero-order valence-corrected chi connectivity index (χ0v) is 13.3. The van der Waals surface area contributed by atoms with Gasteiger partial charge in [0, 0.05) is 5.56 Å². The Hall–Kier alpha value is -2.90. The van der Waals surface area contributed by atoms with Crippen LogP contribution < -0.4 is 5.32 Å². The summed E-state index contributed by atoms with van der Waals surface area (Å²) in [5.74, 6) is -3.86. The fourth-order valence-electron chi connectivity index (χ4n) is 2.26. The number of rotatable bonds is 7. The van der Waals surface area contributed by atoms with Gasteiger partial charge in [-0.1, -0.05) is 60.7 Å². The summed E-state index contributed by atoms with van der Waals surface area (Å²) in [6.45, 7) is -0.0261. The molecule has 1 unspecified atom stereocenters. The van der Waals surface area contributed by atoms with E-state index in [1.165, 1.54) is 12.1 Å². The molecule has 0 bridgehead atoms. The normalized spacial score (nSPS) is 12.2. The quantitative estimate of drug-likeness (QED) is 0.566. The number of carboxylic acids is 1. The highest BCUT2D eigenvalue weighted by molar-refractivity contribution is 5.71. The minimum Gasteiger partial charge on any atom is -0.481 e. The first-order valence-electron chi connectivity index (χ1n) is 7.59. The number of aliphatic hydroxyl groups is 2. The number of alkyl carbamates (subject to hydrolysis) is 1. The van der Waals surface area contributed by atoms with Crippen LogP contribution in [0.15, 0.2) is 60.7 Å². The third-order valence-corrected chi connectivity index (χ3v) is 3.57. The van der Waals surface area contributed by atoms with Crippen molar-refractivity contribution in [1.29, 1.82) is 0 Å². The first-order valence-corrected chi connectivity index (χ1v) is 7.59. The summed E-state index contributed by atoms with van der Waals surface area (Å²) in [6.07, 6.45) is -1.64. The van der Waals surface area contributed by atoms with Gasteiger partial charge in [-0.3, -0.25) is 4.79 Å². The van der Waals surface area contributed by atoms with Crippen LogP contribution in [0.5, 0.6) is 0 Å². The Morgan fingerprint density at radius 3 is 2.12 bits per heavy atom. The summed E-state index contributed by atoms with van der Waals surface area (Å²) in [6, 6.07) is 15.1. The maximum atomic E-state index is 11.9. The molecule has 0 saturated heterocycles. The molecule has 0 aliphatic carbocycles. The standard InChI is InChI=1S/C18H19NO6/c20-16(21)11-15(18(23,24)14-9-5-2-6-10-14)19-17(22)25-12-13-7-3-1-4-8-13/h1-10,15,23-24H,11-12H2,(H,19,22)(H,20,21). The molecule has 1 atom stereocenters. The molecular formula is C18H19NO6. The predicted molar refractivity (Wildman–Crippen MR) is 88.4 cm³/mol. The summed E-state index contributed by atoms with van der Waals surface area (Å²) in [4.78, 5) is 23.0. The molecule has 0 saturated carbocycles. The Morgan fingerprint density at radius 1 is 1.00 bits per heavy atom. The summed E-state index contributed by atoms with van der Waals surface area (Å²) in [7, 11) is 0. The number of aliphatic carboxylic acids is 1. The first-order chi connectivity index (χ1) is 11.9. The average Bonchev–Trinajstić information content (AvgIpc) is 2.60. The zero-order valence-electron chi connectivity index (χ0n) is 13.3. The maximum absolute atomic E-state index is 11.9. The second-order valence-electron chi connectivity index (χ2n) is 5.45. The lowest BCUT2D eigenvalue weighted by Gasteiger charge is -2.31. The second kappa shape index (κ2) is 8.27. The highest BCUT2D eigenvalue weighted by atomic mass is 16.6. The van der Waals surface area contributed by atoms with E-state index in [9.17, 15) is 19.8 Å². The van der Waals surface area contributed by atoms with Crippen molar-refractivity contribution in [1.82, 2.24) is 5.32 Å². The van der Waals surface area contributed by atoms with Crippen molar-refractivity contribution in [2.75, 3.05) is 0 Å². The van der Waals surface area contributed by atoms with Crippen molar-refractivity contribution in [3.05, 3.63) is 71.8 Å². The van der Waals surface area contributed by atoms with Gasteiger partial charge in [0.05, 0.1) is 6.42 Å². The van der Waals surface area contributed by atoms with E-state index in [-0.39, 0.29) is 12.2 Å². The molecule has 0 heterocycles. The lowest BCUT2D eigenvalue weighted by Crippen LogP contribution is -2.51. The van der Waals surface area contributed by atoms with E-state index in [0.29, 0.717) is 0 Å². The van der Waals surface area contributed by atoms with Gasteiger partial charge in [0.15, 0.2) is 0 Å². The molecule has 2 aromatic rings. The number of hydrogen-bond acceptors (Lipinski definition) is 5. The number of carbonyl (C=O) groups is 2. The molecule has 0 aliphatic heterocycles. The van der Waals surface area contributed by atoms with Crippen molar-refractivity contribution >= 4 is 12.1 Å². The number of hydrogen-bond donors (Lipinski definition) is 4. The monoisotopic (exact) mass is 345 g/mol. The van der Waals surface area contributed by atoms with Gasteiger partial charge in [0.2, 0.25) is 5.79 Å². The molecule has 2 rings (SSSR count). The van der Waals surface area contributed by atoms with Crippen molar-refractivity contribution in [3.8, 4) is 0 Å². The summed E-state index contributed by atoms with van der Waals surface area (Å²) < 4.78 is 5.01. The molecule has 7 nitrogen and oxygen atoms in total. The molecule has 0 radical (unpaired) electrons. The van der Waals surface area contributed by atoms with Gasteiger partial charge in [0.1, 0.15) is 12.6 Å². The van der Waals surface area contributed by atoms with Crippen LogP contribution >= 0.6 is 0 Å². The van der Waals surface area contributed by atoms with Gasteiger partial charge >= 0.3 is 12.1 Å². The lowest BCUT2D eigenvalue weighted by molar-refractivity contribution is -0.195. The molecule has 7 heteroatoms. The van der Waals surface area contributed by atoms with E-state index in [1.54, 1.807) is 42.5 Å². The summed E-state index contributed by atoms with van der Waals surface area (Å²) in [5, 5.41) is 31.9. The molecule has 132 valence electrons. The Bertz CT molecular complexity index is 702. The minimum atomic E-state index is -2.56. The van der Waals surface area contributed by atoms with Crippen LogP contribution in [0.4, 0.5) is 4.79 Å². The second-order valence-corrected chi connectivity index (χ2v) is 5.45. The highest BCUT2D eigenvalue weighted by Gasteiger charge is 2.39. The van der Waals surface area contributed by atoms with Gasteiger partial charge in [-0.05, 0) is 5.56 Å². The van der Waals surface area contributed by atoms with Gasteiger partial charge in [-0.2, -0.15) is 0 Å². The highest BCUT2D eigenvalue weighted by Crippen LogP contribution is 2.24. The number of ether oxygens (including phenoxy) is 1. The molecule has 0 fully saturated rings. The third kappa shape index (κ3) is 5.30. The number of carbonyl (C=O) groups excluding carboxylic acids is 1. The van der Waals surface area contributed by atoms with Crippen LogP contribution in [0, 0.1) is 0 Å². The lowest BCUT2D eigenvalue weighted by atomic mass is 9.95. The summed E-state index contributed by atoms with van der Waals surface area (Å²) >= 11 is 0. The van der Waals surface area contributed by atoms with Crippen molar-refractivity contribution in [2.24, 2.45) is 0 Å². The van der Waals surface area contributed by atoms with E-state index in [2.05, 4.69) is 5.32 Å². The Kier molecular flexibility index (Phi) is 6.10. The average molecular weight is 345 g/mol. The minimum absolute atomic E-state index is 0.0261. The first kappa shape index (κ1) is 18.4. The van der Waals surface area contributed by atoms with E-state index in [0.717, 1.165) is 5.56 Å². The van der Waals surface area contributed by atoms with Crippen molar-refractivity contribution in [3.63, 3.8) is 0 Å². The molecular weight excluding hydrogens is 326 g/mol. The van der Waals surface area contributed by atoms with E-state index in [4.69, 9.17) is 9.84 Å². The predicted octanol–water partition coefficient (Wildman–Crippen LogP) is 1.59. The molecule has 4 N–H and O–H groups in total. The number of carboxylic acid groups (broad SMARTS) is 1. The van der Waals surface area contributed by atoms with Crippen LogP contribution in [-0.2, 0) is 21.9 Å². The van der Waals surface area contributed by atoms with Crippen LogP contribution in [0.2, 0.25) is 0 Å². The van der Waals surface area contributed by atoms with Crippen LogP contribution in [0.25, 0.3) is 0 Å². The van der Waals surface area contributed by atoms with Gasteiger partial charge in [-0.25, -0.2) is 4.79 Å². The van der Waals surface area contributed by atoms with E-state index >= 15 is 0 Å². The topological polar surface area (TPSA) is 116 Å². The zero-order chi connectivity index (χ0) is 18.3. The molecule has 0 spiro atoms. The maximum Gasteiger partial charge on any atom is 0.407 e. The molecule has 25 heavy (non-hydrogen) atoms. The van der Waals surface area contributed by atoms with Crippen LogP contribution in [0.1, 0.15) is 17.5 Å². The number of benzene rings is 2. The molecule has 1 amide bonds. The molecule has 0 aromatic heterocycles. The number of nitrogens with one attached hydrogen (secondary N) is 1. The van der Waals surface area contributed by atoms with E-state index in [1.807, 2.05) is 6.07 Å². The SMILES string of the molecule is O=C(O)CC(NC(=O)OCc1ccccc1)C(O)(O)c1ccccc1. The van der Waals surface area contributed by atoms with Crippen LogP contribution in [-0.4, -0.2) is 33.4 Å². The van der Waals surface area contributed by atoms with Gasteiger partial charge < -0.3 is 25.4 Å². The number of amides is 1. The fourth-order valence-corrected chi connectivity index (χ4v) is 2.26. The van der Waals surface area contributed by atoms with E-state index < -0.39 is 30.3 Å². The van der Waals surface area contributed by atoms with Crippen molar-refractivity contribution < 1.29 is 29.6 Å².